The van der Waals surface area contributed by atoms with E-state index in [0.717, 1.165) is 16.6 Å². The molecule has 16 heavy (non-hydrogen) atoms. The lowest BCUT2D eigenvalue weighted by molar-refractivity contribution is 0.946. The molecule has 1 aliphatic rings. The van der Waals surface area contributed by atoms with E-state index in [0.29, 0.717) is 0 Å². The Labute approximate surface area is 93.8 Å². The van der Waals surface area contributed by atoms with Crippen molar-refractivity contribution in [2.24, 2.45) is 4.99 Å². The Bertz CT molecular complexity index is 609. The molecule has 0 bridgehead atoms. The van der Waals surface area contributed by atoms with Crippen molar-refractivity contribution < 1.29 is 0 Å². The van der Waals surface area contributed by atoms with Crippen LogP contribution in [0, 0.1) is 0 Å². The van der Waals surface area contributed by atoms with Crippen LogP contribution in [-0.2, 0) is 0 Å². The van der Waals surface area contributed by atoms with Crippen LogP contribution in [0.1, 0.15) is 11.6 Å². The van der Waals surface area contributed by atoms with Crippen molar-refractivity contribution in [3.8, 4) is 0 Å². The molecule has 0 saturated carbocycles. The van der Waals surface area contributed by atoms with Crippen LogP contribution in [0.5, 0.6) is 0 Å². The topological polar surface area (TPSA) is 38.4 Å². The number of nitrogens with zero attached hydrogens (tertiary/aromatic N) is 1. The van der Waals surface area contributed by atoms with Gasteiger partial charge < -0.3 is 5.73 Å². The van der Waals surface area contributed by atoms with Crippen molar-refractivity contribution in [2.45, 2.75) is 6.04 Å². The van der Waals surface area contributed by atoms with Crippen molar-refractivity contribution in [3.63, 3.8) is 0 Å². The van der Waals surface area contributed by atoms with E-state index in [4.69, 9.17) is 5.73 Å². The molecule has 0 fully saturated rings. The molecule has 2 aromatic rings. The smallest absolute Gasteiger partial charge is 0.0967 e. The maximum absolute atomic E-state index is 5.96. The normalized spacial score (nSPS) is 17.4. The van der Waals surface area contributed by atoms with E-state index in [1.54, 1.807) is 0 Å². The molecule has 0 saturated heterocycles. The summed E-state index contributed by atoms with van der Waals surface area (Å²) in [4.78, 5) is 4.65. The first-order chi connectivity index (χ1) is 7.84. The summed E-state index contributed by atoms with van der Waals surface area (Å²) in [5.74, 6) is 0. The van der Waals surface area contributed by atoms with E-state index in [2.05, 4.69) is 17.1 Å². The van der Waals surface area contributed by atoms with E-state index < -0.39 is 0 Å². The molecule has 78 valence electrons. The number of benzene rings is 2. The predicted molar refractivity (Wildman–Crippen MR) is 65.3 cm³/mol. The van der Waals surface area contributed by atoms with Gasteiger partial charge in [-0.2, -0.15) is 0 Å². The Hall–Kier alpha value is -2.09. The molecule has 1 heterocycles. The zero-order valence-corrected chi connectivity index (χ0v) is 8.80. The molecule has 1 aliphatic heterocycles. The number of rotatable bonds is 1. The van der Waals surface area contributed by atoms with Crippen molar-refractivity contribution in [1.29, 1.82) is 0 Å². The number of anilines is 1. The lowest BCUT2D eigenvalue weighted by Crippen LogP contribution is -2.19. The highest BCUT2D eigenvalue weighted by Gasteiger charge is 2.12. The third-order valence-corrected chi connectivity index (χ3v) is 2.87. The number of hydrogen-bond acceptors (Lipinski definition) is 2. The lowest BCUT2D eigenvalue weighted by Gasteiger charge is -2.07. The quantitative estimate of drug-likeness (QED) is 0.707. The Balaban J connectivity index is 2.14. The minimum atomic E-state index is 0.0681. The minimum Gasteiger partial charge on any atom is -0.398 e. The molecule has 2 heteroatoms. The fourth-order valence-corrected chi connectivity index (χ4v) is 2.04. The number of nitrogens with two attached hydrogens (primary N) is 1. The zero-order valence-electron chi connectivity index (χ0n) is 8.80. The van der Waals surface area contributed by atoms with Gasteiger partial charge in [0.15, 0.2) is 0 Å². The number of para-hydroxylation sites is 2. The number of hydrogen-bond donors (Lipinski definition) is 1. The third kappa shape index (κ3) is 1.39. The van der Waals surface area contributed by atoms with Crippen LogP contribution in [0.25, 0.3) is 6.08 Å². The molecule has 2 aromatic carbocycles. The van der Waals surface area contributed by atoms with E-state index in [9.17, 15) is 0 Å². The molecule has 1 unspecified atom stereocenters. The highest BCUT2D eigenvalue weighted by Crippen LogP contribution is 2.25. The Morgan fingerprint density at radius 2 is 1.69 bits per heavy atom. The lowest BCUT2D eigenvalue weighted by atomic mass is 10.1. The predicted octanol–water partition coefficient (Wildman–Crippen LogP) is 1.42. The summed E-state index contributed by atoms with van der Waals surface area (Å²) in [5.41, 5.74) is 7.84. The largest absolute Gasteiger partial charge is 0.398 e. The summed E-state index contributed by atoms with van der Waals surface area (Å²) in [6.07, 6.45) is 2.15. The second-order valence-corrected chi connectivity index (χ2v) is 3.93. The van der Waals surface area contributed by atoms with E-state index in [1.165, 1.54) is 5.22 Å². The van der Waals surface area contributed by atoms with Crippen LogP contribution in [0.2, 0.25) is 0 Å². The van der Waals surface area contributed by atoms with Gasteiger partial charge in [-0.25, -0.2) is 0 Å². The summed E-state index contributed by atoms with van der Waals surface area (Å²) in [6.45, 7) is 0. The van der Waals surface area contributed by atoms with Gasteiger partial charge in [-0.05, 0) is 23.4 Å². The second kappa shape index (κ2) is 3.49. The summed E-state index contributed by atoms with van der Waals surface area (Å²) in [7, 11) is 0. The molecule has 0 aromatic heterocycles. The van der Waals surface area contributed by atoms with E-state index >= 15 is 0 Å². The average molecular weight is 208 g/mol. The third-order valence-electron chi connectivity index (χ3n) is 2.87. The maximum atomic E-state index is 5.96. The van der Waals surface area contributed by atoms with Gasteiger partial charge in [-0.1, -0.05) is 36.4 Å². The molecule has 0 aliphatic carbocycles. The van der Waals surface area contributed by atoms with Crippen molar-refractivity contribution in [2.75, 3.05) is 5.73 Å². The van der Waals surface area contributed by atoms with Crippen molar-refractivity contribution >= 4 is 11.8 Å². The van der Waals surface area contributed by atoms with Gasteiger partial charge in [0.1, 0.15) is 0 Å². The first-order valence-corrected chi connectivity index (χ1v) is 5.34. The number of fused-ring (bicyclic) bond motifs is 1. The van der Waals surface area contributed by atoms with Gasteiger partial charge in [0.25, 0.3) is 0 Å². The molecular weight excluding hydrogens is 196 g/mol. The van der Waals surface area contributed by atoms with Crippen LogP contribution in [0.15, 0.2) is 53.5 Å². The van der Waals surface area contributed by atoms with Crippen LogP contribution >= 0.6 is 0 Å². The molecule has 2 N–H and O–H groups in total. The number of nitrogen functional groups attached to an aromatic ring is 1. The van der Waals surface area contributed by atoms with Crippen LogP contribution < -0.4 is 16.3 Å². The summed E-state index contributed by atoms with van der Waals surface area (Å²) >= 11 is 0. The SMILES string of the molecule is Nc1ccccc1C1C=c2ccccc2=N1. The fourth-order valence-electron chi connectivity index (χ4n) is 2.04. The molecule has 0 radical (unpaired) electrons. The molecule has 3 rings (SSSR count). The summed E-state index contributed by atoms with van der Waals surface area (Å²) in [6, 6.07) is 16.1. The fraction of sp³-hybridized carbons (Fsp3) is 0.0714. The van der Waals surface area contributed by atoms with Gasteiger partial charge >= 0.3 is 0 Å². The Morgan fingerprint density at radius 1 is 0.938 bits per heavy atom. The molecular formula is C14H12N2. The van der Waals surface area contributed by atoms with Crippen LogP contribution in [0.3, 0.4) is 0 Å². The van der Waals surface area contributed by atoms with Crippen molar-refractivity contribution in [3.05, 3.63) is 64.7 Å². The van der Waals surface area contributed by atoms with Crippen LogP contribution in [0.4, 0.5) is 5.69 Å². The molecule has 1 atom stereocenters. The highest BCUT2D eigenvalue weighted by atomic mass is 14.8. The van der Waals surface area contributed by atoms with Gasteiger partial charge in [0.05, 0.1) is 11.4 Å². The Morgan fingerprint density at radius 3 is 2.50 bits per heavy atom. The van der Waals surface area contributed by atoms with Gasteiger partial charge in [0.2, 0.25) is 0 Å². The van der Waals surface area contributed by atoms with Gasteiger partial charge in [-0.3, -0.25) is 4.99 Å². The summed E-state index contributed by atoms with van der Waals surface area (Å²) in [5, 5.41) is 2.24. The van der Waals surface area contributed by atoms with Gasteiger partial charge in [-0.15, -0.1) is 0 Å². The molecule has 2 nitrogen and oxygen atoms in total. The Kier molecular flexibility index (Phi) is 2.00. The van der Waals surface area contributed by atoms with E-state index in [1.807, 2.05) is 42.5 Å². The highest BCUT2D eigenvalue weighted by molar-refractivity contribution is 5.55. The molecule has 0 spiro atoms. The first kappa shape index (κ1) is 9.16. The zero-order chi connectivity index (χ0) is 11.0. The standard InChI is InChI=1S/C14H12N2/c15-12-7-3-2-6-11(12)14-9-10-5-1-4-8-13(10)16-14/h1-9,14H,15H2. The monoisotopic (exact) mass is 208 g/mol. The van der Waals surface area contributed by atoms with Crippen LogP contribution in [-0.4, -0.2) is 0 Å². The van der Waals surface area contributed by atoms with E-state index in [-0.39, 0.29) is 6.04 Å². The average Bonchev–Trinajstić information content (AvgIpc) is 2.73. The molecule has 0 amide bonds. The summed E-state index contributed by atoms with van der Waals surface area (Å²) < 4.78 is 0. The minimum absolute atomic E-state index is 0.0681. The van der Waals surface area contributed by atoms with Gasteiger partial charge in [0, 0.05) is 11.3 Å². The second-order valence-electron chi connectivity index (χ2n) is 3.93. The first-order valence-electron chi connectivity index (χ1n) is 5.34. The van der Waals surface area contributed by atoms with Crippen molar-refractivity contribution in [1.82, 2.24) is 0 Å². The maximum Gasteiger partial charge on any atom is 0.0967 e.